The molecule has 4 heterocycles. The van der Waals surface area contributed by atoms with Crippen LogP contribution in [0.25, 0.3) is 67.8 Å². The SMILES string of the molecule is c1ccc(-c2ccc(-c3nc(-c4ccccc4)nc(-c4ccc5c(c4)Oc4cc(-c6ccccn6)c(-c6ccccn6)cc4O5)n3)cc2)cc1. The second-order valence-corrected chi connectivity index (χ2v) is 11.8. The molecule has 7 heteroatoms. The summed E-state index contributed by atoms with van der Waals surface area (Å²) in [4.78, 5) is 24.0. The molecular formula is C43H27N5O2. The number of pyridine rings is 2. The van der Waals surface area contributed by atoms with Crippen molar-refractivity contribution < 1.29 is 9.47 Å². The third-order valence-electron chi connectivity index (χ3n) is 8.52. The van der Waals surface area contributed by atoms with Crippen molar-refractivity contribution in [3.05, 3.63) is 164 Å². The molecule has 0 saturated heterocycles. The molecule has 0 saturated carbocycles. The minimum Gasteiger partial charge on any atom is -0.449 e. The Morgan fingerprint density at radius 2 is 0.740 bits per heavy atom. The van der Waals surface area contributed by atoms with Crippen LogP contribution < -0.4 is 9.47 Å². The summed E-state index contributed by atoms with van der Waals surface area (Å²) in [5.41, 5.74) is 8.24. The number of rotatable bonds is 6. The van der Waals surface area contributed by atoms with Gasteiger partial charge < -0.3 is 9.47 Å². The topological polar surface area (TPSA) is 82.9 Å². The summed E-state index contributed by atoms with van der Waals surface area (Å²) in [6.07, 6.45) is 3.56. The molecular weight excluding hydrogens is 619 g/mol. The summed E-state index contributed by atoms with van der Waals surface area (Å²) in [6.45, 7) is 0. The van der Waals surface area contributed by atoms with Gasteiger partial charge in [-0.1, -0.05) is 97.1 Å². The van der Waals surface area contributed by atoms with Crippen molar-refractivity contribution >= 4 is 0 Å². The van der Waals surface area contributed by atoms with Gasteiger partial charge in [0, 0.05) is 40.2 Å². The first-order valence-electron chi connectivity index (χ1n) is 16.2. The molecule has 0 atom stereocenters. The third kappa shape index (κ3) is 5.63. The molecule has 8 aromatic rings. The van der Waals surface area contributed by atoms with Gasteiger partial charge in [-0.05, 0) is 65.7 Å². The number of hydrogen-bond acceptors (Lipinski definition) is 7. The number of nitrogens with zero attached hydrogens (tertiary/aromatic N) is 5. The Bertz CT molecular complexity index is 2460. The zero-order valence-corrected chi connectivity index (χ0v) is 26.6. The van der Waals surface area contributed by atoms with Crippen LogP contribution in [0.15, 0.2) is 164 Å². The van der Waals surface area contributed by atoms with Crippen molar-refractivity contribution in [2.75, 3.05) is 0 Å². The van der Waals surface area contributed by atoms with Crippen LogP contribution in [-0.4, -0.2) is 24.9 Å². The Morgan fingerprint density at radius 1 is 0.320 bits per heavy atom. The lowest BCUT2D eigenvalue weighted by atomic mass is 9.99. The first-order chi connectivity index (χ1) is 24.7. The summed E-state index contributed by atoms with van der Waals surface area (Å²) in [5, 5.41) is 0. The van der Waals surface area contributed by atoms with E-state index in [1.807, 2.05) is 115 Å². The van der Waals surface area contributed by atoms with Gasteiger partial charge >= 0.3 is 0 Å². The van der Waals surface area contributed by atoms with Crippen LogP contribution in [0.4, 0.5) is 0 Å². The minimum atomic E-state index is 0.526. The second kappa shape index (κ2) is 12.6. The van der Waals surface area contributed by atoms with Crippen LogP contribution >= 0.6 is 0 Å². The average molecular weight is 646 g/mol. The number of fused-ring (bicyclic) bond motifs is 2. The number of benzene rings is 5. The molecule has 0 N–H and O–H groups in total. The largest absolute Gasteiger partial charge is 0.449 e. The monoisotopic (exact) mass is 645 g/mol. The van der Waals surface area contributed by atoms with Gasteiger partial charge in [-0.25, -0.2) is 15.0 Å². The fraction of sp³-hybridized carbons (Fsp3) is 0. The maximum atomic E-state index is 6.53. The average Bonchev–Trinajstić information content (AvgIpc) is 3.20. The molecule has 0 spiro atoms. The van der Waals surface area contributed by atoms with Crippen molar-refractivity contribution in [2.45, 2.75) is 0 Å². The molecule has 236 valence electrons. The van der Waals surface area contributed by atoms with E-state index in [1.54, 1.807) is 12.4 Å². The van der Waals surface area contributed by atoms with E-state index < -0.39 is 0 Å². The van der Waals surface area contributed by atoms with Crippen LogP contribution in [0.5, 0.6) is 23.0 Å². The molecule has 1 aliphatic rings. The normalized spacial score (nSPS) is 11.5. The second-order valence-electron chi connectivity index (χ2n) is 11.8. The Morgan fingerprint density at radius 3 is 1.30 bits per heavy atom. The van der Waals surface area contributed by atoms with E-state index in [1.165, 1.54) is 0 Å². The van der Waals surface area contributed by atoms with Gasteiger partial charge in [0.1, 0.15) is 0 Å². The van der Waals surface area contributed by atoms with Gasteiger partial charge in [0.15, 0.2) is 40.5 Å². The quantitative estimate of drug-likeness (QED) is 0.178. The van der Waals surface area contributed by atoms with Crippen LogP contribution in [0.1, 0.15) is 0 Å². The fourth-order valence-corrected chi connectivity index (χ4v) is 6.03. The van der Waals surface area contributed by atoms with E-state index in [0.717, 1.165) is 50.3 Å². The lowest BCUT2D eigenvalue weighted by Crippen LogP contribution is -2.03. The van der Waals surface area contributed by atoms with Crippen LogP contribution in [0.2, 0.25) is 0 Å². The van der Waals surface area contributed by atoms with E-state index >= 15 is 0 Å². The zero-order valence-electron chi connectivity index (χ0n) is 26.6. The summed E-state index contributed by atoms with van der Waals surface area (Å²) in [5.74, 6) is 4.01. The molecule has 0 unspecified atom stereocenters. The van der Waals surface area contributed by atoms with Crippen LogP contribution in [-0.2, 0) is 0 Å². The molecule has 1 aliphatic heterocycles. The maximum absolute atomic E-state index is 6.53. The Balaban J connectivity index is 1.11. The van der Waals surface area contributed by atoms with E-state index in [9.17, 15) is 0 Å². The Kier molecular flexibility index (Phi) is 7.33. The lowest BCUT2D eigenvalue weighted by molar-refractivity contribution is 0.360. The third-order valence-corrected chi connectivity index (χ3v) is 8.52. The first-order valence-corrected chi connectivity index (χ1v) is 16.2. The van der Waals surface area contributed by atoms with Gasteiger partial charge in [-0.2, -0.15) is 0 Å². The van der Waals surface area contributed by atoms with E-state index in [2.05, 4.69) is 46.4 Å². The summed E-state index contributed by atoms with van der Waals surface area (Å²) < 4.78 is 13.0. The summed E-state index contributed by atoms with van der Waals surface area (Å²) in [6, 6.07) is 49.9. The smallest absolute Gasteiger partial charge is 0.170 e. The van der Waals surface area contributed by atoms with Crippen molar-refractivity contribution in [2.24, 2.45) is 0 Å². The minimum absolute atomic E-state index is 0.526. The summed E-state index contributed by atoms with van der Waals surface area (Å²) in [7, 11) is 0. The molecule has 3 aromatic heterocycles. The molecule has 0 aliphatic carbocycles. The fourth-order valence-electron chi connectivity index (χ4n) is 6.03. The Labute approximate surface area is 288 Å². The summed E-state index contributed by atoms with van der Waals surface area (Å²) >= 11 is 0. The van der Waals surface area contributed by atoms with Crippen molar-refractivity contribution in [3.63, 3.8) is 0 Å². The van der Waals surface area contributed by atoms with Gasteiger partial charge in [-0.3, -0.25) is 9.97 Å². The van der Waals surface area contributed by atoms with Crippen molar-refractivity contribution in [3.8, 4) is 90.8 Å². The molecule has 7 nitrogen and oxygen atoms in total. The zero-order chi connectivity index (χ0) is 33.3. The first kappa shape index (κ1) is 29.2. The molecule has 0 amide bonds. The predicted molar refractivity (Wildman–Crippen MR) is 195 cm³/mol. The number of hydrogen-bond donors (Lipinski definition) is 0. The van der Waals surface area contributed by atoms with Crippen molar-refractivity contribution in [1.82, 2.24) is 24.9 Å². The maximum Gasteiger partial charge on any atom is 0.170 e. The van der Waals surface area contributed by atoms with Gasteiger partial charge in [0.05, 0.1) is 11.4 Å². The van der Waals surface area contributed by atoms with Gasteiger partial charge in [-0.15, -0.1) is 0 Å². The van der Waals surface area contributed by atoms with Crippen molar-refractivity contribution in [1.29, 1.82) is 0 Å². The highest BCUT2D eigenvalue weighted by Gasteiger charge is 2.24. The molecule has 50 heavy (non-hydrogen) atoms. The molecule has 0 fully saturated rings. The number of ether oxygens (including phenoxy) is 2. The van der Waals surface area contributed by atoms with E-state index in [-0.39, 0.29) is 0 Å². The predicted octanol–water partition coefficient (Wildman–Crippen LogP) is 10.6. The standard InChI is InChI=1S/C43H27N5O2/c1-3-11-28(12-4-1)29-17-19-31(20-18-29)42-46-41(30-13-5-2-6-14-30)47-43(48-42)32-21-22-37-38(25-32)50-40-27-34(36-16-8-10-24-45-36)33(26-39(40)49-37)35-15-7-9-23-44-35/h1-27H. The molecule has 0 bridgehead atoms. The highest BCUT2D eigenvalue weighted by molar-refractivity contribution is 5.84. The number of aromatic nitrogens is 5. The lowest BCUT2D eigenvalue weighted by Gasteiger charge is -2.23. The molecule has 9 rings (SSSR count). The van der Waals surface area contributed by atoms with E-state index in [4.69, 9.17) is 24.4 Å². The Hall–Kier alpha value is -6.99. The molecule has 5 aromatic carbocycles. The molecule has 0 radical (unpaired) electrons. The highest BCUT2D eigenvalue weighted by atomic mass is 16.6. The van der Waals surface area contributed by atoms with Gasteiger partial charge in [0.2, 0.25) is 0 Å². The van der Waals surface area contributed by atoms with Gasteiger partial charge in [0.25, 0.3) is 0 Å². The van der Waals surface area contributed by atoms with Crippen LogP contribution in [0, 0.1) is 0 Å². The highest BCUT2D eigenvalue weighted by Crippen LogP contribution is 2.50. The van der Waals surface area contributed by atoms with E-state index in [0.29, 0.717) is 40.5 Å². The van der Waals surface area contributed by atoms with Crippen LogP contribution in [0.3, 0.4) is 0 Å².